The lowest BCUT2D eigenvalue weighted by atomic mass is 9.67. The van der Waals surface area contributed by atoms with Crippen LogP contribution < -0.4 is 9.80 Å². The molecular formula is C122H88N2O. The van der Waals surface area contributed by atoms with E-state index in [1.165, 1.54) is 145 Å². The van der Waals surface area contributed by atoms with Crippen LogP contribution in [0.5, 0.6) is 0 Å². The fourth-order valence-electron chi connectivity index (χ4n) is 21.9. The van der Waals surface area contributed by atoms with Gasteiger partial charge in [-0.05, 0) is 217 Å². The minimum absolute atomic E-state index is 0.129. The molecule has 125 heavy (non-hydrogen) atoms. The Morgan fingerprint density at radius 3 is 1.02 bits per heavy atom. The molecule has 4 aliphatic rings. The topological polar surface area (TPSA) is 19.6 Å². The van der Waals surface area contributed by atoms with E-state index in [1.54, 1.807) is 0 Å². The maximum atomic E-state index is 6.50. The molecule has 0 saturated heterocycles. The average molecular weight is 1600 g/mol. The third kappa shape index (κ3) is 11.7. The highest BCUT2D eigenvalue weighted by Gasteiger charge is 2.49. The van der Waals surface area contributed by atoms with Gasteiger partial charge in [-0.15, -0.1) is 0 Å². The molecule has 0 unspecified atom stereocenters. The number of hydrogen-bond donors (Lipinski definition) is 0. The lowest BCUT2D eigenvalue weighted by Crippen LogP contribution is -2.28. The largest absolute Gasteiger partial charge is 0.455 e. The number of fused-ring (bicyclic) bond motifs is 15. The van der Waals surface area contributed by atoms with Crippen LogP contribution in [0.2, 0.25) is 0 Å². The molecule has 1 heterocycles. The second-order valence-electron chi connectivity index (χ2n) is 34.8. The fourth-order valence-corrected chi connectivity index (χ4v) is 21.9. The molecule has 0 N–H and O–H groups in total. The van der Waals surface area contributed by atoms with Gasteiger partial charge in [-0.1, -0.05) is 416 Å². The van der Waals surface area contributed by atoms with Gasteiger partial charge in [0.1, 0.15) is 11.2 Å². The minimum atomic E-state index is -0.475. The van der Waals surface area contributed by atoms with E-state index in [9.17, 15) is 0 Å². The van der Waals surface area contributed by atoms with Gasteiger partial charge < -0.3 is 14.2 Å². The molecular weight excluding hydrogens is 1510 g/mol. The van der Waals surface area contributed by atoms with Gasteiger partial charge in [0, 0.05) is 61.2 Å². The van der Waals surface area contributed by atoms with Crippen LogP contribution in [0.1, 0.15) is 94.5 Å². The Labute approximate surface area is 731 Å². The van der Waals surface area contributed by atoms with Crippen molar-refractivity contribution in [2.45, 2.75) is 49.4 Å². The zero-order chi connectivity index (χ0) is 83.5. The summed E-state index contributed by atoms with van der Waals surface area (Å²) in [5.74, 6) is 0. The van der Waals surface area contributed by atoms with Crippen molar-refractivity contribution >= 4 is 56.1 Å². The Bertz CT molecular complexity index is 7510. The molecule has 0 saturated carbocycles. The molecule has 0 amide bonds. The van der Waals surface area contributed by atoms with Gasteiger partial charge in [-0.2, -0.15) is 0 Å². The number of rotatable bonds is 14. The lowest BCUT2D eigenvalue weighted by Gasteiger charge is -2.34. The lowest BCUT2D eigenvalue weighted by molar-refractivity contribution is 0.660. The molecule has 4 aliphatic carbocycles. The standard InChI is InChI=1S/C64H45NO.C58H43N/c1-63(2)56-30-12-9-24-51(56)52-39-38-48(41-59(52)63)65(46-36-34-42(35-37-46)50-28-16-29-54-53-25-11-14-33-60(53)66-62(50)54)47-23-15-18-43(40-47)49-27-17-32-58-61(49)55-26-10-13-31-57(55)64(58,44-19-5-3-6-20-44)45-21-7-4-8-22-45;1-57(2)51-32-15-12-29-48(51)49-37-36-45(39-54(49)57)59(55-35-17-14-28-46(55)40-20-6-3-7-21-40)44-27-18-22-41(38-44)47-31-19-34-53-56(47)50-30-13-16-33-52(50)58(53,42-23-8-4-9-24-42)43-25-10-5-11-26-43/h3-41H,1-2H3;3-39H,1-2H3. The zero-order valence-corrected chi connectivity index (χ0v) is 70.2. The van der Waals surface area contributed by atoms with Crippen LogP contribution in [-0.2, 0) is 21.7 Å². The summed E-state index contributed by atoms with van der Waals surface area (Å²) in [6.45, 7) is 9.45. The average Bonchev–Trinajstić information content (AvgIpc) is 1.53. The van der Waals surface area contributed by atoms with Crippen molar-refractivity contribution in [3.8, 4) is 89.0 Å². The summed E-state index contributed by atoms with van der Waals surface area (Å²) in [4.78, 5) is 4.91. The summed E-state index contributed by atoms with van der Waals surface area (Å²) in [5.41, 5.74) is 42.8. The Balaban J connectivity index is 0.000000145. The van der Waals surface area contributed by atoms with Crippen molar-refractivity contribution in [1.29, 1.82) is 0 Å². The van der Waals surface area contributed by atoms with Gasteiger partial charge in [0.05, 0.1) is 16.5 Å². The predicted octanol–water partition coefficient (Wildman–Crippen LogP) is 32.2. The maximum absolute atomic E-state index is 6.50. The summed E-state index contributed by atoms with van der Waals surface area (Å²) in [7, 11) is 0. The van der Waals surface area contributed by atoms with Crippen LogP contribution in [0.4, 0.5) is 34.1 Å². The van der Waals surface area contributed by atoms with Gasteiger partial charge >= 0.3 is 0 Å². The molecule has 0 radical (unpaired) electrons. The van der Waals surface area contributed by atoms with E-state index in [4.69, 9.17) is 4.42 Å². The number of nitrogens with zero attached hydrogens (tertiary/aromatic N) is 2. The molecule has 3 nitrogen and oxygen atoms in total. The Morgan fingerprint density at radius 1 is 0.192 bits per heavy atom. The molecule has 1 aromatic heterocycles. The van der Waals surface area contributed by atoms with Crippen LogP contribution >= 0.6 is 0 Å². The SMILES string of the molecule is CC1(C)c2ccccc2-c2ccc(N(c3ccc(-c4cccc5c4oc4ccccc45)cc3)c3cccc(-c4cccc5c4-c4ccccc4C5(c4ccccc4)c4ccccc4)c3)cc21.CC1(C)c2ccccc2-c2ccc(N(c3cccc(-c4cccc5c4-c4ccccc4C5(c4ccccc4)c4ccccc4)c3)c3ccccc3-c3ccccc3)cc21. The van der Waals surface area contributed by atoms with Crippen molar-refractivity contribution in [2.75, 3.05) is 9.80 Å². The van der Waals surface area contributed by atoms with Crippen molar-refractivity contribution in [3.05, 3.63) is 528 Å². The summed E-state index contributed by atoms with van der Waals surface area (Å²) >= 11 is 0. The van der Waals surface area contributed by atoms with Crippen LogP contribution in [0, 0.1) is 0 Å². The zero-order valence-electron chi connectivity index (χ0n) is 70.2. The molecule has 592 valence electrons. The highest BCUT2D eigenvalue weighted by Crippen LogP contribution is 2.62. The smallest absolute Gasteiger partial charge is 0.143 e. The number of benzene rings is 19. The van der Waals surface area contributed by atoms with Crippen molar-refractivity contribution in [1.82, 2.24) is 0 Å². The maximum Gasteiger partial charge on any atom is 0.143 e. The van der Waals surface area contributed by atoms with Crippen LogP contribution in [-0.4, -0.2) is 0 Å². The Morgan fingerprint density at radius 2 is 0.520 bits per heavy atom. The van der Waals surface area contributed by atoms with E-state index in [0.717, 1.165) is 67.2 Å². The molecule has 19 aromatic carbocycles. The second-order valence-corrected chi connectivity index (χ2v) is 34.8. The summed E-state index contributed by atoms with van der Waals surface area (Å²) in [6, 6.07) is 170. The highest BCUT2D eigenvalue weighted by atomic mass is 16.3. The third-order valence-electron chi connectivity index (χ3n) is 27.5. The molecule has 0 atom stereocenters. The third-order valence-corrected chi connectivity index (χ3v) is 27.5. The normalized spacial score (nSPS) is 13.9. The number of hydrogen-bond acceptors (Lipinski definition) is 3. The molecule has 3 heteroatoms. The molecule has 0 bridgehead atoms. The second kappa shape index (κ2) is 29.7. The number of anilines is 6. The fraction of sp³-hybridized carbons (Fsp3) is 0.0656. The first-order valence-electron chi connectivity index (χ1n) is 43.7. The molecule has 0 spiro atoms. The molecule has 20 aromatic rings. The predicted molar refractivity (Wildman–Crippen MR) is 521 cm³/mol. The highest BCUT2D eigenvalue weighted by molar-refractivity contribution is 6.10. The molecule has 0 fully saturated rings. The van der Waals surface area contributed by atoms with Gasteiger partial charge in [0.15, 0.2) is 0 Å². The first kappa shape index (κ1) is 74.6. The van der Waals surface area contributed by atoms with Gasteiger partial charge in [0.2, 0.25) is 0 Å². The van der Waals surface area contributed by atoms with Crippen molar-refractivity contribution in [3.63, 3.8) is 0 Å². The number of para-hydroxylation sites is 3. The van der Waals surface area contributed by atoms with Crippen LogP contribution in [0.3, 0.4) is 0 Å². The molecule has 24 rings (SSSR count). The van der Waals surface area contributed by atoms with Crippen molar-refractivity contribution in [2.24, 2.45) is 0 Å². The monoisotopic (exact) mass is 1600 g/mol. The Kier molecular flexibility index (Phi) is 17.7. The summed E-state index contributed by atoms with van der Waals surface area (Å²) in [6.07, 6.45) is 0. The van der Waals surface area contributed by atoms with Crippen molar-refractivity contribution < 1.29 is 4.42 Å². The minimum Gasteiger partial charge on any atom is -0.455 e. The van der Waals surface area contributed by atoms with Gasteiger partial charge in [-0.3, -0.25) is 0 Å². The van der Waals surface area contributed by atoms with E-state index in [0.29, 0.717) is 0 Å². The van der Waals surface area contributed by atoms with E-state index in [2.05, 4.69) is 492 Å². The van der Waals surface area contributed by atoms with E-state index >= 15 is 0 Å². The van der Waals surface area contributed by atoms with E-state index < -0.39 is 10.8 Å². The first-order valence-corrected chi connectivity index (χ1v) is 43.7. The van der Waals surface area contributed by atoms with Crippen LogP contribution in [0.25, 0.3) is 111 Å². The summed E-state index contributed by atoms with van der Waals surface area (Å²) < 4.78 is 6.50. The van der Waals surface area contributed by atoms with Crippen LogP contribution in [0.15, 0.2) is 465 Å². The molecule has 0 aliphatic heterocycles. The summed E-state index contributed by atoms with van der Waals surface area (Å²) in [5, 5.41) is 2.27. The quantitative estimate of drug-likeness (QED) is 0.108. The Hall–Kier alpha value is -15.4. The van der Waals surface area contributed by atoms with Gasteiger partial charge in [-0.25, -0.2) is 0 Å². The van der Waals surface area contributed by atoms with E-state index in [-0.39, 0.29) is 10.8 Å². The first-order chi connectivity index (χ1) is 61.5. The van der Waals surface area contributed by atoms with E-state index in [1.807, 2.05) is 6.07 Å². The van der Waals surface area contributed by atoms with Gasteiger partial charge in [0.25, 0.3) is 0 Å². The number of furan rings is 1.